The van der Waals surface area contributed by atoms with E-state index >= 15 is 0 Å². The lowest BCUT2D eigenvalue weighted by Crippen LogP contribution is -2.61. The molecule has 1 aromatic rings. The van der Waals surface area contributed by atoms with E-state index in [1.807, 2.05) is 4.90 Å². The van der Waals surface area contributed by atoms with E-state index in [2.05, 4.69) is 45.4 Å². The van der Waals surface area contributed by atoms with Gasteiger partial charge in [-0.2, -0.15) is 0 Å². The molecule has 5 heterocycles. The van der Waals surface area contributed by atoms with Gasteiger partial charge in [-0.3, -0.25) is 19.4 Å². The van der Waals surface area contributed by atoms with Gasteiger partial charge in [0.2, 0.25) is 11.8 Å². The summed E-state index contributed by atoms with van der Waals surface area (Å²) in [6.45, 7) is 5.26. The Morgan fingerprint density at radius 2 is 1.85 bits per heavy atom. The number of benzene rings is 1. The van der Waals surface area contributed by atoms with Crippen LogP contribution in [0, 0.1) is 5.92 Å². The zero-order chi connectivity index (χ0) is 18.4. The normalized spacial score (nSPS) is 35.8. The van der Waals surface area contributed by atoms with Crippen molar-refractivity contribution in [2.75, 3.05) is 45.8 Å². The molecule has 3 atom stereocenters. The number of piperazine rings is 1. The second-order valence-electron chi connectivity index (χ2n) is 8.48. The van der Waals surface area contributed by atoms with E-state index in [-0.39, 0.29) is 11.8 Å². The minimum Gasteiger partial charge on any atom is -0.354 e. The number of piperidine rings is 3. The third-order valence-corrected chi connectivity index (χ3v) is 7.02. The molecule has 5 aliphatic heterocycles. The first-order valence-corrected chi connectivity index (χ1v) is 10.3. The SMILES string of the molecule is O=C1CN(CC(=O)N2CC(c3ccccc3)C3C2C2CCN3CC2)CCN1. The van der Waals surface area contributed by atoms with Crippen molar-refractivity contribution in [2.45, 2.75) is 30.8 Å². The quantitative estimate of drug-likeness (QED) is 0.845. The first-order chi connectivity index (χ1) is 13.2. The van der Waals surface area contributed by atoms with Gasteiger partial charge in [-0.1, -0.05) is 30.3 Å². The molecule has 0 spiro atoms. The highest BCUT2D eigenvalue weighted by Crippen LogP contribution is 2.46. The first kappa shape index (κ1) is 17.2. The molecular formula is C21H28N4O2. The molecule has 27 heavy (non-hydrogen) atoms. The number of hydrogen-bond donors (Lipinski definition) is 1. The topological polar surface area (TPSA) is 55.9 Å². The van der Waals surface area contributed by atoms with Gasteiger partial charge in [-0.05, 0) is 37.4 Å². The van der Waals surface area contributed by atoms with E-state index in [0.29, 0.717) is 43.6 Å². The number of fused-ring (bicyclic) bond motifs is 2. The summed E-state index contributed by atoms with van der Waals surface area (Å²) in [4.78, 5) is 31.7. The summed E-state index contributed by atoms with van der Waals surface area (Å²) in [5.74, 6) is 1.25. The Kier molecular flexibility index (Phi) is 4.40. The van der Waals surface area contributed by atoms with Crippen LogP contribution in [0.1, 0.15) is 24.3 Å². The number of rotatable bonds is 3. The highest BCUT2D eigenvalue weighted by atomic mass is 16.2. The molecule has 0 saturated carbocycles. The maximum Gasteiger partial charge on any atom is 0.237 e. The van der Waals surface area contributed by atoms with Crippen molar-refractivity contribution in [1.29, 1.82) is 0 Å². The average molecular weight is 368 g/mol. The molecule has 5 saturated heterocycles. The van der Waals surface area contributed by atoms with Crippen molar-refractivity contribution in [3.63, 3.8) is 0 Å². The lowest BCUT2D eigenvalue weighted by molar-refractivity contribution is -0.138. The highest BCUT2D eigenvalue weighted by molar-refractivity contribution is 5.82. The lowest BCUT2D eigenvalue weighted by atomic mass is 9.75. The largest absolute Gasteiger partial charge is 0.354 e. The van der Waals surface area contributed by atoms with E-state index in [4.69, 9.17) is 0 Å². The molecule has 6 heteroatoms. The summed E-state index contributed by atoms with van der Waals surface area (Å²) in [5, 5.41) is 2.84. The van der Waals surface area contributed by atoms with Crippen molar-refractivity contribution in [2.24, 2.45) is 5.92 Å². The van der Waals surface area contributed by atoms with Gasteiger partial charge < -0.3 is 10.2 Å². The molecule has 5 aliphatic rings. The van der Waals surface area contributed by atoms with Gasteiger partial charge in [-0.15, -0.1) is 0 Å². The Morgan fingerprint density at radius 3 is 2.59 bits per heavy atom. The zero-order valence-corrected chi connectivity index (χ0v) is 15.7. The number of nitrogens with zero attached hydrogens (tertiary/aromatic N) is 3. The smallest absolute Gasteiger partial charge is 0.237 e. The molecule has 5 fully saturated rings. The van der Waals surface area contributed by atoms with Gasteiger partial charge in [0.15, 0.2) is 0 Å². The second kappa shape index (κ2) is 6.91. The summed E-state index contributed by atoms with van der Waals surface area (Å²) in [6.07, 6.45) is 2.41. The molecule has 0 radical (unpaired) electrons. The first-order valence-electron chi connectivity index (χ1n) is 10.3. The van der Waals surface area contributed by atoms with Gasteiger partial charge in [0.1, 0.15) is 0 Å². The third-order valence-electron chi connectivity index (χ3n) is 7.02. The fraction of sp³-hybridized carbons (Fsp3) is 0.619. The standard InChI is InChI=1S/C21H28N4O2/c26-18-13-23(11-8-22-18)14-19(27)25-12-17(15-4-2-1-3-5-15)21-20(25)16-6-9-24(21)10-7-16/h1-5,16-17,20-21H,6-14H2,(H,22,26). The van der Waals surface area contributed by atoms with Crippen LogP contribution in [0.2, 0.25) is 0 Å². The molecule has 6 nitrogen and oxygen atoms in total. The molecular weight excluding hydrogens is 340 g/mol. The number of likely N-dealkylation sites (tertiary alicyclic amines) is 1. The van der Waals surface area contributed by atoms with E-state index in [9.17, 15) is 9.59 Å². The fourth-order valence-electron chi connectivity index (χ4n) is 5.81. The van der Waals surface area contributed by atoms with Crippen LogP contribution in [0.4, 0.5) is 0 Å². The molecule has 3 unspecified atom stereocenters. The Morgan fingerprint density at radius 1 is 1.07 bits per heavy atom. The summed E-state index contributed by atoms with van der Waals surface area (Å²) in [5.41, 5.74) is 1.35. The van der Waals surface area contributed by atoms with Crippen molar-refractivity contribution in [3.05, 3.63) is 35.9 Å². The lowest BCUT2D eigenvalue weighted by Gasteiger charge is -2.51. The van der Waals surface area contributed by atoms with Crippen LogP contribution in [-0.4, -0.2) is 84.4 Å². The molecule has 1 aromatic carbocycles. The number of hydrogen-bond acceptors (Lipinski definition) is 4. The van der Waals surface area contributed by atoms with Crippen molar-refractivity contribution >= 4 is 11.8 Å². The highest BCUT2D eigenvalue weighted by Gasteiger charge is 2.54. The van der Waals surface area contributed by atoms with Gasteiger partial charge in [0, 0.05) is 31.6 Å². The monoisotopic (exact) mass is 368 g/mol. The Labute approximate surface area is 160 Å². The van der Waals surface area contributed by atoms with Crippen LogP contribution in [-0.2, 0) is 9.59 Å². The minimum absolute atomic E-state index is 0.0262. The fourth-order valence-corrected chi connectivity index (χ4v) is 5.81. The number of carbonyl (C=O) groups excluding carboxylic acids is 2. The summed E-state index contributed by atoms with van der Waals surface area (Å²) < 4.78 is 0. The van der Waals surface area contributed by atoms with Crippen molar-refractivity contribution < 1.29 is 9.59 Å². The van der Waals surface area contributed by atoms with E-state index in [1.54, 1.807) is 0 Å². The molecule has 144 valence electrons. The summed E-state index contributed by atoms with van der Waals surface area (Å²) in [6, 6.07) is 11.5. The second-order valence-corrected chi connectivity index (χ2v) is 8.48. The average Bonchev–Trinajstić information content (AvgIpc) is 3.13. The summed E-state index contributed by atoms with van der Waals surface area (Å²) >= 11 is 0. The van der Waals surface area contributed by atoms with Crippen LogP contribution in [0.3, 0.4) is 0 Å². The molecule has 2 amide bonds. The molecule has 1 N–H and O–H groups in total. The molecule has 6 rings (SSSR count). The number of amides is 2. The number of carbonyl (C=O) groups is 2. The van der Waals surface area contributed by atoms with Gasteiger partial charge >= 0.3 is 0 Å². The Balaban J connectivity index is 1.39. The zero-order valence-electron chi connectivity index (χ0n) is 15.7. The van der Waals surface area contributed by atoms with Crippen LogP contribution in [0.5, 0.6) is 0 Å². The van der Waals surface area contributed by atoms with Crippen molar-refractivity contribution in [3.8, 4) is 0 Å². The third kappa shape index (κ3) is 3.05. The van der Waals surface area contributed by atoms with Gasteiger partial charge in [-0.25, -0.2) is 0 Å². The van der Waals surface area contributed by atoms with Gasteiger partial charge in [0.05, 0.1) is 19.1 Å². The molecule has 0 aromatic heterocycles. The predicted molar refractivity (Wildman–Crippen MR) is 102 cm³/mol. The maximum absolute atomic E-state index is 13.3. The summed E-state index contributed by atoms with van der Waals surface area (Å²) in [7, 11) is 0. The van der Waals surface area contributed by atoms with Crippen LogP contribution in [0.25, 0.3) is 0 Å². The van der Waals surface area contributed by atoms with E-state index in [0.717, 1.165) is 13.1 Å². The number of nitrogens with one attached hydrogen (secondary N) is 1. The molecule has 2 bridgehead atoms. The molecule has 0 aliphatic carbocycles. The van der Waals surface area contributed by atoms with Crippen LogP contribution in [0.15, 0.2) is 30.3 Å². The van der Waals surface area contributed by atoms with Crippen molar-refractivity contribution in [1.82, 2.24) is 20.0 Å². The maximum atomic E-state index is 13.3. The Bertz CT molecular complexity index is 716. The van der Waals surface area contributed by atoms with Crippen LogP contribution < -0.4 is 5.32 Å². The van der Waals surface area contributed by atoms with E-state index in [1.165, 1.54) is 31.5 Å². The van der Waals surface area contributed by atoms with E-state index < -0.39 is 0 Å². The van der Waals surface area contributed by atoms with Crippen LogP contribution >= 0.6 is 0 Å². The predicted octanol–water partition coefficient (Wildman–Crippen LogP) is 0.507. The Hall–Kier alpha value is -1.92. The van der Waals surface area contributed by atoms with Gasteiger partial charge in [0.25, 0.3) is 0 Å². The minimum atomic E-state index is 0.0262.